The predicted octanol–water partition coefficient (Wildman–Crippen LogP) is 5.81. The van der Waals surface area contributed by atoms with E-state index in [0.29, 0.717) is 27.2 Å². The van der Waals surface area contributed by atoms with E-state index in [9.17, 15) is 9.59 Å². The minimum absolute atomic E-state index is 0.250. The number of rotatable bonds is 6. The normalized spacial score (nSPS) is 11.5. The quantitative estimate of drug-likeness (QED) is 0.128. The first kappa shape index (κ1) is 23.0. The number of ether oxygens (including phenoxy) is 1. The summed E-state index contributed by atoms with van der Waals surface area (Å²) in [7, 11) is 0. The molecule has 36 heavy (non-hydrogen) atoms. The second-order valence-electron chi connectivity index (χ2n) is 7.64. The number of carbonyl (C=O) groups is 1. The molecule has 2 aromatic heterocycles. The molecule has 3 aromatic carbocycles. The predicted molar refractivity (Wildman–Crippen MR) is 139 cm³/mol. The van der Waals surface area contributed by atoms with E-state index >= 15 is 0 Å². The maximum atomic E-state index is 13.2. The molecule has 0 aliphatic rings. The van der Waals surface area contributed by atoms with E-state index in [1.165, 1.54) is 23.2 Å². The fourth-order valence-electron chi connectivity index (χ4n) is 3.48. The maximum absolute atomic E-state index is 13.2. The Kier molecular flexibility index (Phi) is 6.55. The molecule has 0 bridgehead atoms. The van der Waals surface area contributed by atoms with Crippen molar-refractivity contribution in [1.82, 2.24) is 9.66 Å². The topological polar surface area (TPSA) is 86.7 Å². The summed E-state index contributed by atoms with van der Waals surface area (Å²) < 4.78 is 12.2. The van der Waals surface area contributed by atoms with Crippen molar-refractivity contribution in [3.05, 3.63) is 124 Å². The van der Waals surface area contributed by atoms with Gasteiger partial charge in [-0.1, -0.05) is 48.0 Å². The highest BCUT2D eigenvalue weighted by atomic mass is 35.5. The van der Waals surface area contributed by atoms with Crippen molar-refractivity contribution in [2.24, 2.45) is 5.10 Å². The Morgan fingerprint density at radius 1 is 0.972 bits per heavy atom. The number of hydrogen-bond donors (Lipinski definition) is 0. The number of para-hydroxylation sites is 2. The molecule has 0 aliphatic heterocycles. The first-order valence-corrected chi connectivity index (χ1v) is 11.3. The van der Waals surface area contributed by atoms with Crippen LogP contribution < -0.4 is 10.3 Å². The Hall–Kier alpha value is -4.75. The van der Waals surface area contributed by atoms with E-state index in [0.717, 1.165) is 5.56 Å². The van der Waals surface area contributed by atoms with Gasteiger partial charge in [0.25, 0.3) is 5.56 Å². The van der Waals surface area contributed by atoms with E-state index in [2.05, 4.69) is 10.1 Å². The van der Waals surface area contributed by atoms with Crippen LogP contribution in [0.5, 0.6) is 5.75 Å². The van der Waals surface area contributed by atoms with Gasteiger partial charge in [0.15, 0.2) is 5.76 Å². The summed E-state index contributed by atoms with van der Waals surface area (Å²) in [5.74, 6) is 0.363. The number of esters is 1. The van der Waals surface area contributed by atoms with E-state index < -0.39 is 5.97 Å². The summed E-state index contributed by atoms with van der Waals surface area (Å²) in [6.07, 6.45) is 5.89. The third kappa shape index (κ3) is 5.01. The molecule has 0 amide bonds. The number of fused-ring (bicyclic) bond motifs is 1. The van der Waals surface area contributed by atoms with Gasteiger partial charge in [-0.15, -0.1) is 0 Å². The molecule has 2 heterocycles. The highest BCUT2D eigenvalue weighted by molar-refractivity contribution is 6.30. The summed E-state index contributed by atoms with van der Waals surface area (Å²) in [5.41, 5.74) is 1.47. The van der Waals surface area contributed by atoms with Gasteiger partial charge in [0.1, 0.15) is 5.75 Å². The van der Waals surface area contributed by atoms with E-state index in [-0.39, 0.29) is 17.1 Å². The van der Waals surface area contributed by atoms with Crippen molar-refractivity contribution in [3.63, 3.8) is 0 Å². The highest BCUT2D eigenvalue weighted by Gasteiger charge is 2.14. The molecule has 0 radical (unpaired) electrons. The van der Waals surface area contributed by atoms with Crippen LogP contribution >= 0.6 is 11.6 Å². The van der Waals surface area contributed by atoms with Gasteiger partial charge in [-0.05, 0) is 60.2 Å². The van der Waals surface area contributed by atoms with Gasteiger partial charge in [0.2, 0.25) is 5.82 Å². The number of benzene rings is 3. The number of hydrogen-bond acceptors (Lipinski definition) is 6. The third-order valence-electron chi connectivity index (χ3n) is 5.22. The zero-order chi connectivity index (χ0) is 24.9. The number of nitrogens with zero attached hydrogens (tertiary/aromatic N) is 3. The Morgan fingerprint density at radius 3 is 2.56 bits per heavy atom. The molecule has 0 atom stereocenters. The van der Waals surface area contributed by atoms with Gasteiger partial charge >= 0.3 is 5.97 Å². The molecule has 0 N–H and O–H groups in total. The molecule has 176 valence electrons. The SMILES string of the molecule is O=C(/C=C/c1ccc(Cl)cc1)Oc1ccccc1C=Nn1c(-c2ccco2)nc2ccccc2c1=O. The molecule has 0 unspecified atom stereocenters. The van der Waals surface area contributed by atoms with Crippen LogP contribution in [0.3, 0.4) is 0 Å². The van der Waals surface area contributed by atoms with Gasteiger partial charge in [-0.25, -0.2) is 9.78 Å². The average molecular weight is 496 g/mol. The first-order valence-electron chi connectivity index (χ1n) is 10.9. The van der Waals surface area contributed by atoms with Crippen LogP contribution in [0.25, 0.3) is 28.6 Å². The zero-order valence-corrected chi connectivity index (χ0v) is 19.5. The van der Waals surface area contributed by atoms with E-state index in [1.54, 1.807) is 91.0 Å². The third-order valence-corrected chi connectivity index (χ3v) is 5.47. The molecule has 5 rings (SSSR count). The van der Waals surface area contributed by atoms with E-state index in [4.69, 9.17) is 20.8 Å². The molecule has 5 aromatic rings. The molecular weight excluding hydrogens is 478 g/mol. The largest absolute Gasteiger partial charge is 0.461 e. The Balaban J connectivity index is 1.46. The minimum Gasteiger partial charge on any atom is -0.461 e. The van der Waals surface area contributed by atoms with Gasteiger partial charge in [-0.3, -0.25) is 4.79 Å². The zero-order valence-electron chi connectivity index (χ0n) is 18.7. The molecule has 7 nitrogen and oxygen atoms in total. The van der Waals surface area contributed by atoms with Crippen LogP contribution in [0.1, 0.15) is 11.1 Å². The number of halogens is 1. The van der Waals surface area contributed by atoms with Crippen LogP contribution in [0.2, 0.25) is 5.02 Å². The van der Waals surface area contributed by atoms with E-state index in [1.807, 2.05) is 0 Å². The van der Waals surface area contributed by atoms with Crippen molar-refractivity contribution >= 4 is 40.8 Å². The summed E-state index contributed by atoms with van der Waals surface area (Å²) in [5, 5.41) is 5.41. The molecule has 0 saturated heterocycles. The van der Waals surface area contributed by atoms with Crippen molar-refractivity contribution in [3.8, 4) is 17.3 Å². The second kappa shape index (κ2) is 10.2. The van der Waals surface area contributed by atoms with Crippen LogP contribution in [0, 0.1) is 0 Å². The summed E-state index contributed by atoms with van der Waals surface area (Å²) in [6, 6.07) is 24.3. The first-order chi connectivity index (χ1) is 17.6. The standard InChI is InChI=1S/C28H18ClN3O4/c29-21-14-11-19(12-15-21)13-16-26(33)36-24-9-4-1-6-20(24)18-30-32-27(25-10-5-17-35-25)31-23-8-3-2-7-22(23)28(32)34/h1-18H/b16-13+,30-18?. The summed E-state index contributed by atoms with van der Waals surface area (Å²) in [4.78, 5) is 30.2. The Morgan fingerprint density at radius 2 is 1.75 bits per heavy atom. The number of furan rings is 1. The molecule has 0 saturated carbocycles. The monoisotopic (exact) mass is 495 g/mol. The van der Waals surface area contributed by atoms with Gasteiger partial charge in [-0.2, -0.15) is 9.78 Å². The number of aromatic nitrogens is 2. The summed E-state index contributed by atoms with van der Waals surface area (Å²) >= 11 is 5.89. The lowest BCUT2D eigenvalue weighted by atomic mass is 10.2. The van der Waals surface area contributed by atoms with Crippen LogP contribution in [0.15, 0.2) is 112 Å². The van der Waals surface area contributed by atoms with Gasteiger partial charge in [0.05, 0.1) is 23.4 Å². The number of carbonyl (C=O) groups excluding carboxylic acids is 1. The van der Waals surface area contributed by atoms with Crippen molar-refractivity contribution in [2.45, 2.75) is 0 Å². The minimum atomic E-state index is -0.563. The Labute approximate surface area is 210 Å². The van der Waals surface area contributed by atoms with Crippen LogP contribution in [-0.4, -0.2) is 21.8 Å². The maximum Gasteiger partial charge on any atom is 0.336 e. The molecular formula is C28H18ClN3O4. The lowest BCUT2D eigenvalue weighted by molar-refractivity contribution is -0.128. The second-order valence-corrected chi connectivity index (χ2v) is 8.07. The van der Waals surface area contributed by atoms with Crippen molar-refractivity contribution in [1.29, 1.82) is 0 Å². The molecule has 0 fully saturated rings. The highest BCUT2D eigenvalue weighted by Crippen LogP contribution is 2.21. The lowest BCUT2D eigenvalue weighted by Gasteiger charge is -2.08. The molecule has 0 aliphatic carbocycles. The van der Waals surface area contributed by atoms with Gasteiger partial charge in [0, 0.05) is 16.7 Å². The van der Waals surface area contributed by atoms with Crippen molar-refractivity contribution in [2.75, 3.05) is 0 Å². The Bertz CT molecular complexity index is 1650. The molecule has 8 heteroatoms. The van der Waals surface area contributed by atoms with Crippen LogP contribution in [0.4, 0.5) is 0 Å². The van der Waals surface area contributed by atoms with Crippen molar-refractivity contribution < 1.29 is 13.9 Å². The average Bonchev–Trinajstić information content (AvgIpc) is 3.43. The van der Waals surface area contributed by atoms with Gasteiger partial charge < -0.3 is 9.15 Å². The van der Waals surface area contributed by atoms with Crippen LogP contribution in [-0.2, 0) is 4.79 Å². The molecule has 0 spiro atoms. The summed E-state index contributed by atoms with van der Waals surface area (Å²) in [6.45, 7) is 0. The lowest BCUT2D eigenvalue weighted by Crippen LogP contribution is -2.20. The fraction of sp³-hybridized carbons (Fsp3) is 0. The fourth-order valence-corrected chi connectivity index (χ4v) is 3.60. The smallest absolute Gasteiger partial charge is 0.336 e.